The van der Waals surface area contributed by atoms with Gasteiger partial charge >= 0.3 is 0 Å². The lowest BCUT2D eigenvalue weighted by Gasteiger charge is -2.18. The molecule has 0 aliphatic rings. The first-order valence-corrected chi connectivity index (χ1v) is 13.7. The lowest BCUT2D eigenvalue weighted by atomic mass is 9.85. The summed E-state index contributed by atoms with van der Waals surface area (Å²) in [7, 11) is 0. The molecule has 0 bridgehead atoms. The van der Waals surface area contributed by atoms with Gasteiger partial charge in [0.1, 0.15) is 0 Å². The molecular weight excluding hydrogens is 484 g/mol. The molecule has 0 saturated carbocycles. The first-order chi connectivity index (χ1) is 19.6. The standard InChI is InChI=1S/C38H32N2/c1-4-31(26(3)23-39)27-16-18-28(19-17-27)37-32-12-5-7-14-34(32)38(35-15-8-6-13-33(35)37)30-11-9-10-29(22-30)36-24-40-21-20-25(36)2/h4-24H,39H2,1-3H3/b26-23-,31-4+. The molecule has 6 rings (SSSR count). The zero-order valence-electron chi connectivity index (χ0n) is 23.1. The van der Waals surface area contributed by atoms with Crippen molar-refractivity contribution < 1.29 is 0 Å². The summed E-state index contributed by atoms with van der Waals surface area (Å²) >= 11 is 0. The third-order valence-corrected chi connectivity index (χ3v) is 7.88. The smallest absolute Gasteiger partial charge is 0.0349 e. The van der Waals surface area contributed by atoms with E-state index in [4.69, 9.17) is 5.73 Å². The Balaban J connectivity index is 1.59. The highest BCUT2D eigenvalue weighted by Crippen LogP contribution is 2.44. The fourth-order valence-electron chi connectivity index (χ4n) is 5.89. The molecule has 0 fully saturated rings. The van der Waals surface area contributed by atoms with Crippen molar-refractivity contribution >= 4 is 27.1 Å². The molecule has 0 spiro atoms. The lowest BCUT2D eigenvalue weighted by Crippen LogP contribution is -1.93. The highest BCUT2D eigenvalue weighted by atomic mass is 14.6. The van der Waals surface area contributed by atoms with Gasteiger partial charge in [-0.2, -0.15) is 0 Å². The summed E-state index contributed by atoms with van der Waals surface area (Å²) in [4.78, 5) is 4.39. The van der Waals surface area contributed by atoms with E-state index in [9.17, 15) is 0 Å². The average Bonchev–Trinajstić information content (AvgIpc) is 3.00. The highest BCUT2D eigenvalue weighted by Gasteiger charge is 2.17. The van der Waals surface area contributed by atoms with E-state index in [-0.39, 0.29) is 0 Å². The van der Waals surface area contributed by atoms with E-state index in [0.29, 0.717) is 0 Å². The number of fused-ring (bicyclic) bond motifs is 2. The summed E-state index contributed by atoms with van der Waals surface area (Å²) in [5.74, 6) is 0. The number of pyridine rings is 1. The maximum atomic E-state index is 5.84. The van der Waals surface area contributed by atoms with E-state index in [2.05, 4.69) is 128 Å². The molecule has 0 aliphatic heterocycles. The summed E-state index contributed by atoms with van der Waals surface area (Å²) < 4.78 is 0. The van der Waals surface area contributed by atoms with Crippen molar-refractivity contribution in [3.8, 4) is 33.4 Å². The quantitative estimate of drug-likeness (QED) is 0.183. The molecule has 194 valence electrons. The van der Waals surface area contributed by atoms with Crippen LogP contribution in [-0.2, 0) is 0 Å². The summed E-state index contributed by atoms with van der Waals surface area (Å²) in [6.45, 7) is 6.25. The van der Waals surface area contributed by atoms with E-state index in [1.807, 2.05) is 19.3 Å². The molecule has 0 aliphatic carbocycles. The van der Waals surface area contributed by atoms with Crippen LogP contribution >= 0.6 is 0 Å². The predicted molar refractivity (Wildman–Crippen MR) is 172 cm³/mol. The van der Waals surface area contributed by atoms with Crippen LogP contribution in [0.1, 0.15) is 25.0 Å². The van der Waals surface area contributed by atoms with Gasteiger partial charge in [0.15, 0.2) is 0 Å². The molecule has 0 atom stereocenters. The van der Waals surface area contributed by atoms with Crippen molar-refractivity contribution in [1.29, 1.82) is 0 Å². The minimum atomic E-state index is 1.07. The fraction of sp³-hybridized carbons (Fsp3) is 0.0789. The van der Waals surface area contributed by atoms with Crippen molar-refractivity contribution in [1.82, 2.24) is 4.98 Å². The molecule has 2 heteroatoms. The zero-order chi connectivity index (χ0) is 27.6. The molecule has 0 amide bonds. The minimum absolute atomic E-state index is 1.07. The number of benzene rings is 5. The topological polar surface area (TPSA) is 38.9 Å². The van der Waals surface area contributed by atoms with Gasteiger partial charge in [0, 0.05) is 18.0 Å². The molecule has 1 aromatic heterocycles. The maximum Gasteiger partial charge on any atom is 0.0349 e. The van der Waals surface area contributed by atoms with Gasteiger partial charge < -0.3 is 5.73 Å². The Morgan fingerprint density at radius 2 is 1.25 bits per heavy atom. The van der Waals surface area contributed by atoms with Gasteiger partial charge in [0.2, 0.25) is 0 Å². The van der Waals surface area contributed by atoms with Crippen LogP contribution in [0.2, 0.25) is 0 Å². The van der Waals surface area contributed by atoms with Gasteiger partial charge in [-0.05, 0) is 111 Å². The molecule has 2 N–H and O–H groups in total. The molecule has 40 heavy (non-hydrogen) atoms. The van der Waals surface area contributed by atoms with Crippen molar-refractivity contribution in [2.24, 2.45) is 5.73 Å². The number of hydrogen-bond donors (Lipinski definition) is 1. The summed E-state index contributed by atoms with van der Waals surface area (Å²) in [5, 5.41) is 4.99. The number of nitrogens with two attached hydrogens (primary N) is 1. The Bertz CT molecular complexity index is 1870. The van der Waals surface area contributed by atoms with Crippen LogP contribution < -0.4 is 5.73 Å². The Morgan fingerprint density at radius 3 is 1.80 bits per heavy atom. The van der Waals surface area contributed by atoms with E-state index >= 15 is 0 Å². The van der Waals surface area contributed by atoms with Crippen LogP contribution in [-0.4, -0.2) is 4.98 Å². The van der Waals surface area contributed by atoms with Gasteiger partial charge in [-0.25, -0.2) is 0 Å². The number of rotatable bonds is 5. The second-order valence-corrected chi connectivity index (χ2v) is 10.2. The van der Waals surface area contributed by atoms with Gasteiger partial charge in [0.25, 0.3) is 0 Å². The number of hydrogen-bond acceptors (Lipinski definition) is 2. The van der Waals surface area contributed by atoms with Crippen LogP contribution in [0.4, 0.5) is 0 Å². The molecule has 2 nitrogen and oxygen atoms in total. The number of aromatic nitrogens is 1. The molecule has 6 aromatic rings. The molecule has 0 unspecified atom stereocenters. The third-order valence-electron chi connectivity index (χ3n) is 7.88. The second-order valence-electron chi connectivity index (χ2n) is 10.2. The molecule has 0 radical (unpaired) electrons. The zero-order valence-corrected chi connectivity index (χ0v) is 23.1. The van der Waals surface area contributed by atoms with Crippen LogP contribution in [0.25, 0.3) is 60.5 Å². The van der Waals surface area contributed by atoms with Crippen LogP contribution in [0.5, 0.6) is 0 Å². The minimum Gasteiger partial charge on any atom is -0.404 e. The lowest BCUT2D eigenvalue weighted by molar-refractivity contribution is 1.29. The summed E-state index contributed by atoms with van der Waals surface area (Å²) in [5.41, 5.74) is 17.7. The first kappa shape index (κ1) is 25.3. The molecule has 1 heterocycles. The van der Waals surface area contributed by atoms with Gasteiger partial charge in [-0.1, -0.05) is 97.1 Å². The van der Waals surface area contributed by atoms with Gasteiger partial charge in [0.05, 0.1) is 0 Å². The van der Waals surface area contributed by atoms with E-state index in [1.54, 1.807) is 6.20 Å². The Kier molecular flexibility index (Phi) is 6.76. The Morgan fingerprint density at radius 1 is 0.675 bits per heavy atom. The van der Waals surface area contributed by atoms with Crippen molar-refractivity contribution in [2.75, 3.05) is 0 Å². The van der Waals surface area contributed by atoms with E-state index in [1.165, 1.54) is 54.9 Å². The highest BCUT2D eigenvalue weighted by molar-refractivity contribution is 6.21. The van der Waals surface area contributed by atoms with Crippen LogP contribution in [0.15, 0.2) is 133 Å². The average molecular weight is 517 g/mol. The van der Waals surface area contributed by atoms with E-state index in [0.717, 1.165) is 22.3 Å². The summed E-state index contributed by atoms with van der Waals surface area (Å²) in [6.07, 6.45) is 7.60. The molecular formula is C38H32N2. The monoisotopic (exact) mass is 516 g/mol. The number of allylic oxidation sites excluding steroid dienone is 3. The van der Waals surface area contributed by atoms with Crippen LogP contribution in [0, 0.1) is 6.92 Å². The first-order valence-electron chi connectivity index (χ1n) is 13.7. The SMILES string of the molecule is C/C=C(\C(C)=C/N)c1ccc(-c2c3ccccc3c(-c3cccc(-c4cnccc4C)c3)c3ccccc23)cc1. The van der Waals surface area contributed by atoms with Gasteiger partial charge in [-0.3, -0.25) is 4.98 Å². The Hall–Kier alpha value is -4.95. The van der Waals surface area contributed by atoms with E-state index < -0.39 is 0 Å². The largest absolute Gasteiger partial charge is 0.404 e. The van der Waals surface area contributed by atoms with Crippen LogP contribution in [0.3, 0.4) is 0 Å². The molecule has 0 saturated heterocycles. The third kappa shape index (κ3) is 4.38. The van der Waals surface area contributed by atoms with Crippen molar-refractivity contribution in [3.63, 3.8) is 0 Å². The fourth-order valence-corrected chi connectivity index (χ4v) is 5.89. The second kappa shape index (κ2) is 10.7. The number of aryl methyl sites for hydroxylation is 1. The predicted octanol–water partition coefficient (Wildman–Crippen LogP) is 9.96. The Labute approximate surface area is 236 Å². The van der Waals surface area contributed by atoms with Gasteiger partial charge in [-0.15, -0.1) is 0 Å². The van der Waals surface area contributed by atoms with Crippen molar-refractivity contribution in [3.05, 3.63) is 144 Å². The number of nitrogens with zero attached hydrogens (tertiary/aromatic N) is 1. The van der Waals surface area contributed by atoms with Crippen molar-refractivity contribution in [2.45, 2.75) is 20.8 Å². The maximum absolute atomic E-state index is 5.84. The molecule has 5 aromatic carbocycles. The summed E-state index contributed by atoms with van der Waals surface area (Å²) in [6, 6.07) is 37.4. The normalized spacial score (nSPS) is 12.3.